The quantitative estimate of drug-likeness (QED) is 0.842. The monoisotopic (exact) mass is 332 g/mol. The fourth-order valence-electron chi connectivity index (χ4n) is 2.52. The standard InChI is InChI=1S/C18H24N2O2S/c1-4-20(5-2)23(21,22)19-15(3)16-11-13-18(14-12-16)17-9-7-6-8-10-17/h6-15,19H,4-5H2,1-3H3. The summed E-state index contributed by atoms with van der Waals surface area (Å²) in [5, 5.41) is 0. The molecule has 0 amide bonds. The fourth-order valence-corrected chi connectivity index (χ4v) is 3.94. The Labute approximate surface area is 139 Å². The molecule has 0 aromatic heterocycles. The van der Waals surface area contributed by atoms with Crippen LogP contribution in [0.15, 0.2) is 54.6 Å². The van der Waals surface area contributed by atoms with Gasteiger partial charge in [-0.1, -0.05) is 68.4 Å². The summed E-state index contributed by atoms with van der Waals surface area (Å²) in [6, 6.07) is 17.8. The van der Waals surface area contributed by atoms with Crippen molar-refractivity contribution in [2.24, 2.45) is 0 Å². The molecule has 1 atom stereocenters. The Morgan fingerprint density at radius 1 is 0.913 bits per heavy atom. The Balaban J connectivity index is 2.13. The van der Waals surface area contributed by atoms with E-state index in [0.717, 1.165) is 16.7 Å². The molecule has 5 heteroatoms. The molecule has 4 nitrogen and oxygen atoms in total. The summed E-state index contributed by atoms with van der Waals surface area (Å²) < 4.78 is 28.7. The van der Waals surface area contributed by atoms with Crippen LogP contribution in [-0.2, 0) is 10.2 Å². The normalized spacial score (nSPS) is 13.2. The predicted molar refractivity (Wildman–Crippen MR) is 95.3 cm³/mol. The van der Waals surface area contributed by atoms with Crippen LogP contribution in [0.1, 0.15) is 32.4 Å². The Hall–Kier alpha value is -1.69. The number of benzene rings is 2. The highest BCUT2D eigenvalue weighted by molar-refractivity contribution is 7.87. The molecule has 0 aliphatic rings. The molecular formula is C18H24N2O2S. The lowest BCUT2D eigenvalue weighted by Crippen LogP contribution is -2.41. The van der Waals surface area contributed by atoms with Gasteiger partial charge >= 0.3 is 0 Å². The maximum absolute atomic E-state index is 12.3. The summed E-state index contributed by atoms with van der Waals surface area (Å²) in [6.07, 6.45) is 0. The first-order valence-corrected chi connectivity index (χ1v) is 9.34. The molecule has 0 aliphatic heterocycles. The Morgan fingerprint density at radius 3 is 1.96 bits per heavy atom. The van der Waals surface area contributed by atoms with Crippen LogP contribution in [0.4, 0.5) is 0 Å². The van der Waals surface area contributed by atoms with Gasteiger partial charge in [0.05, 0.1) is 0 Å². The van der Waals surface area contributed by atoms with Crippen molar-refractivity contribution in [3.8, 4) is 11.1 Å². The lowest BCUT2D eigenvalue weighted by atomic mass is 10.0. The van der Waals surface area contributed by atoms with E-state index in [1.807, 2.05) is 63.2 Å². The number of hydrogen-bond donors (Lipinski definition) is 1. The van der Waals surface area contributed by atoms with Gasteiger partial charge in [0.25, 0.3) is 10.2 Å². The molecule has 0 saturated carbocycles. The fraction of sp³-hybridized carbons (Fsp3) is 0.333. The van der Waals surface area contributed by atoms with E-state index in [9.17, 15) is 8.42 Å². The van der Waals surface area contributed by atoms with Gasteiger partial charge in [0.1, 0.15) is 0 Å². The van der Waals surface area contributed by atoms with Gasteiger partial charge in [-0.25, -0.2) is 0 Å². The smallest absolute Gasteiger partial charge is 0.195 e. The van der Waals surface area contributed by atoms with E-state index in [4.69, 9.17) is 0 Å². The third-order valence-corrected chi connectivity index (χ3v) is 5.74. The molecule has 0 saturated heterocycles. The average molecular weight is 332 g/mol. The van der Waals surface area contributed by atoms with Crippen molar-refractivity contribution >= 4 is 10.2 Å². The zero-order valence-electron chi connectivity index (χ0n) is 13.9. The van der Waals surface area contributed by atoms with E-state index >= 15 is 0 Å². The maximum atomic E-state index is 12.3. The summed E-state index contributed by atoms with van der Waals surface area (Å²) in [5.41, 5.74) is 3.21. The highest BCUT2D eigenvalue weighted by atomic mass is 32.2. The van der Waals surface area contributed by atoms with Gasteiger partial charge in [-0.15, -0.1) is 0 Å². The van der Waals surface area contributed by atoms with Gasteiger partial charge in [-0.3, -0.25) is 0 Å². The minimum Gasteiger partial charge on any atom is -0.195 e. The van der Waals surface area contributed by atoms with Gasteiger partial charge in [-0.05, 0) is 23.6 Å². The molecule has 2 rings (SSSR count). The van der Waals surface area contributed by atoms with Crippen molar-refractivity contribution in [3.63, 3.8) is 0 Å². The van der Waals surface area contributed by atoms with Gasteiger partial charge < -0.3 is 0 Å². The van der Waals surface area contributed by atoms with E-state index in [2.05, 4.69) is 16.9 Å². The largest absolute Gasteiger partial charge is 0.279 e. The molecule has 0 aliphatic carbocycles. The van der Waals surface area contributed by atoms with Crippen LogP contribution in [0.5, 0.6) is 0 Å². The van der Waals surface area contributed by atoms with Gasteiger partial charge in [-0.2, -0.15) is 17.4 Å². The molecule has 23 heavy (non-hydrogen) atoms. The number of nitrogens with one attached hydrogen (secondary N) is 1. The first-order valence-electron chi connectivity index (χ1n) is 7.90. The lowest BCUT2D eigenvalue weighted by molar-refractivity contribution is 0.429. The van der Waals surface area contributed by atoms with E-state index in [1.54, 1.807) is 0 Å². The molecule has 0 bridgehead atoms. The zero-order valence-corrected chi connectivity index (χ0v) is 14.7. The van der Waals surface area contributed by atoms with Crippen LogP contribution in [-0.4, -0.2) is 25.8 Å². The summed E-state index contributed by atoms with van der Waals surface area (Å²) in [6.45, 7) is 6.46. The second-order valence-corrected chi connectivity index (χ2v) is 7.12. The van der Waals surface area contributed by atoms with E-state index in [0.29, 0.717) is 13.1 Å². The van der Waals surface area contributed by atoms with Crippen molar-refractivity contribution in [2.75, 3.05) is 13.1 Å². The third-order valence-electron chi connectivity index (χ3n) is 3.89. The van der Waals surface area contributed by atoms with E-state index < -0.39 is 10.2 Å². The molecule has 1 unspecified atom stereocenters. The van der Waals surface area contributed by atoms with Crippen LogP contribution in [0.2, 0.25) is 0 Å². The highest BCUT2D eigenvalue weighted by Gasteiger charge is 2.21. The minimum atomic E-state index is -3.45. The lowest BCUT2D eigenvalue weighted by Gasteiger charge is -2.22. The van der Waals surface area contributed by atoms with Crippen molar-refractivity contribution in [1.82, 2.24) is 9.03 Å². The van der Waals surface area contributed by atoms with Crippen LogP contribution < -0.4 is 4.72 Å². The summed E-state index contributed by atoms with van der Waals surface area (Å²) in [5.74, 6) is 0. The molecule has 2 aromatic carbocycles. The van der Waals surface area contributed by atoms with Crippen LogP contribution in [0, 0.1) is 0 Å². The van der Waals surface area contributed by atoms with Gasteiger partial charge in [0, 0.05) is 19.1 Å². The summed E-state index contributed by atoms with van der Waals surface area (Å²) in [7, 11) is -3.45. The maximum Gasteiger partial charge on any atom is 0.279 e. The summed E-state index contributed by atoms with van der Waals surface area (Å²) >= 11 is 0. The number of rotatable bonds is 7. The van der Waals surface area contributed by atoms with Crippen LogP contribution >= 0.6 is 0 Å². The number of hydrogen-bond acceptors (Lipinski definition) is 2. The molecule has 0 radical (unpaired) electrons. The highest BCUT2D eigenvalue weighted by Crippen LogP contribution is 2.22. The van der Waals surface area contributed by atoms with Crippen molar-refractivity contribution in [1.29, 1.82) is 0 Å². The Morgan fingerprint density at radius 2 is 1.43 bits per heavy atom. The van der Waals surface area contributed by atoms with E-state index in [1.165, 1.54) is 4.31 Å². The zero-order chi connectivity index (χ0) is 16.9. The Kier molecular flexibility index (Phi) is 5.93. The number of nitrogens with zero attached hydrogens (tertiary/aromatic N) is 1. The molecule has 2 aromatic rings. The first kappa shape index (κ1) is 17.7. The minimum absolute atomic E-state index is 0.273. The van der Waals surface area contributed by atoms with Crippen molar-refractivity contribution < 1.29 is 8.42 Å². The third kappa shape index (κ3) is 4.41. The molecule has 124 valence electrons. The predicted octanol–water partition coefficient (Wildman–Crippen LogP) is 3.59. The molecule has 0 fully saturated rings. The molecule has 0 spiro atoms. The van der Waals surface area contributed by atoms with Crippen molar-refractivity contribution in [3.05, 3.63) is 60.2 Å². The second-order valence-electron chi connectivity index (χ2n) is 5.42. The van der Waals surface area contributed by atoms with Gasteiger partial charge in [0.2, 0.25) is 0 Å². The molecule has 1 N–H and O–H groups in total. The SMILES string of the molecule is CCN(CC)S(=O)(=O)NC(C)c1ccc(-c2ccccc2)cc1. The molecule has 0 heterocycles. The topological polar surface area (TPSA) is 49.4 Å². The molecular weight excluding hydrogens is 308 g/mol. The summed E-state index contributed by atoms with van der Waals surface area (Å²) in [4.78, 5) is 0. The van der Waals surface area contributed by atoms with Crippen LogP contribution in [0.25, 0.3) is 11.1 Å². The second kappa shape index (κ2) is 7.73. The van der Waals surface area contributed by atoms with Gasteiger partial charge in [0.15, 0.2) is 0 Å². The van der Waals surface area contributed by atoms with E-state index in [-0.39, 0.29) is 6.04 Å². The van der Waals surface area contributed by atoms with Crippen molar-refractivity contribution in [2.45, 2.75) is 26.8 Å². The first-order chi connectivity index (χ1) is 11.0. The van der Waals surface area contributed by atoms with Crippen LogP contribution in [0.3, 0.4) is 0 Å². The Bertz CT molecular complexity index is 708. The average Bonchev–Trinajstić information content (AvgIpc) is 2.56.